The van der Waals surface area contributed by atoms with Gasteiger partial charge in [0.2, 0.25) is 0 Å². The number of nitrogens with zero attached hydrogens (tertiary/aromatic N) is 2. The summed E-state index contributed by atoms with van der Waals surface area (Å²) in [7, 11) is 1.83. The first-order valence-corrected chi connectivity index (χ1v) is 5.74. The Hall–Kier alpha value is -1.75. The third-order valence-corrected chi connectivity index (χ3v) is 2.86. The Morgan fingerprint density at radius 1 is 1.39 bits per heavy atom. The van der Waals surface area contributed by atoms with E-state index in [1.54, 1.807) is 10.9 Å². The summed E-state index contributed by atoms with van der Waals surface area (Å²) in [6.45, 7) is 0. The monoisotopic (exact) mass is 251 g/mol. The minimum Gasteiger partial charge on any atom is -0.324 e. The number of benzene rings is 1. The van der Waals surface area contributed by atoms with Gasteiger partial charge in [0.1, 0.15) is 11.6 Å². The fraction of sp³-hybridized carbons (Fsp3) is 0.308. The molecule has 0 aliphatic heterocycles. The smallest absolute Gasteiger partial charge is 0.128 e. The molecule has 0 saturated heterocycles. The summed E-state index contributed by atoms with van der Waals surface area (Å²) in [6.07, 6.45) is 4.86. The number of hydrogen-bond acceptors (Lipinski definition) is 2. The molecule has 1 aromatic carbocycles. The van der Waals surface area contributed by atoms with Gasteiger partial charge in [-0.2, -0.15) is 5.10 Å². The van der Waals surface area contributed by atoms with Gasteiger partial charge in [0.05, 0.1) is 6.20 Å². The van der Waals surface area contributed by atoms with Crippen LogP contribution >= 0.6 is 0 Å². The van der Waals surface area contributed by atoms with Crippen molar-refractivity contribution in [2.24, 2.45) is 12.8 Å². The summed E-state index contributed by atoms with van der Waals surface area (Å²) in [5.41, 5.74) is 7.14. The van der Waals surface area contributed by atoms with Gasteiger partial charge in [-0.3, -0.25) is 4.68 Å². The van der Waals surface area contributed by atoms with Crippen molar-refractivity contribution in [3.05, 3.63) is 53.4 Å². The molecule has 96 valence electrons. The number of rotatable bonds is 4. The molecular weight excluding hydrogens is 236 g/mol. The van der Waals surface area contributed by atoms with Crippen LogP contribution in [-0.4, -0.2) is 9.78 Å². The minimum absolute atomic E-state index is 0.221. The van der Waals surface area contributed by atoms with Gasteiger partial charge in [-0.15, -0.1) is 0 Å². The van der Waals surface area contributed by atoms with Crippen molar-refractivity contribution in [1.29, 1.82) is 0 Å². The molecule has 2 rings (SSSR count). The summed E-state index contributed by atoms with van der Waals surface area (Å²) in [5.74, 6) is -0.932. The highest BCUT2D eigenvalue weighted by Gasteiger charge is 2.12. The van der Waals surface area contributed by atoms with Crippen LogP contribution in [0.2, 0.25) is 0 Å². The summed E-state index contributed by atoms with van der Waals surface area (Å²) in [5, 5.41) is 4.04. The van der Waals surface area contributed by atoms with Crippen LogP contribution in [-0.2, 0) is 13.5 Å². The van der Waals surface area contributed by atoms with E-state index in [1.807, 2.05) is 13.2 Å². The predicted octanol–water partition coefficient (Wildman–Crippen LogP) is 2.33. The molecule has 0 amide bonds. The molecule has 0 aliphatic carbocycles. The van der Waals surface area contributed by atoms with E-state index in [2.05, 4.69) is 5.10 Å². The van der Waals surface area contributed by atoms with E-state index in [0.29, 0.717) is 12.8 Å². The molecule has 1 heterocycles. The quantitative estimate of drug-likeness (QED) is 0.906. The van der Waals surface area contributed by atoms with E-state index >= 15 is 0 Å². The average Bonchev–Trinajstić information content (AvgIpc) is 2.75. The van der Waals surface area contributed by atoms with Crippen molar-refractivity contribution < 1.29 is 8.78 Å². The van der Waals surface area contributed by atoms with E-state index in [1.165, 1.54) is 0 Å². The molecule has 3 nitrogen and oxygen atoms in total. The van der Waals surface area contributed by atoms with Gasteiger partial charge in [-0.1, -0.05) is 0 Å². The molecule has 18 heavy (non-hydrogen) atoms. The largest absolute Gasteiger partial charge is 0.324 e. The number of aromatic nitrogens is 2. The zero-order valence-corrected chi connectivity index (χ0v) is 10.1. The minimum atomic E-state index is -0.513. The van der Waals surface area contributed by atoms with Crippen molar-refractivity contribution in [2.45, 2.75) is 18.9 Å². The molecular formula is C13H15F2N3. The molecule has 2 N–H and O–H groups in total. The topological polar surface area (TPSA) is 43.8 Å². The van der Waals surface area contributed by atoms with Crippen molar-refractivity contribution in [2.75, 3.05) is 0 Å². The van der Waals surface area contributed by atoms with Gasteiger partial charge in [0, 0.05) is 24.8 Å². The lowest BCUT2D eigenvalue weighted by Crippen LogP contribution is -2.13. The summed E-state index contributed by atoms with van der Waals surface area (Å²) < 4.78 is 28.2. The second-order valence-electron chi connectivity index (χ2n) is 4.33. The van der Waals surface area contributed by atoms with Gasteiger partial charge in [-0.05, 0) is 36.6 Å². The molecule has 5 heteroatoms. The SMILES string of the molecule is Cn1cc(CCC(N)c2cc(F)ccc2F)cn1. The predicted molar refractivity (Wildman–Crippen MR) is 64.8 cm³/mol. The van der Waals surface area contributed by atoms with Gasteiger partial charge in [-0.25, -0.2) is 8.78 Å². The maximum Gasteiger partial charge on any atom is 0.128 e. The summed E-state index contributed by atoms with van der Waals surface area (Å²) in [4.78, 5) is 0. The summed E-state index contributed by atoms with van der Waals surface area (Å²) >= 11 is 0. The number of aryl methyl sites for hydroxylation is 2. The highest BCUT2D eigenvalue weighted by Crippen LogP contribution is 2.20. The van der Waals surface area contributed by atoms with Crippen LogP contribution in [0.15, 0.2) is 30.6 Å². The lowest BCUT2D eigenvalue weighted by Gasteiger charge is -2.12. The van der Waals surface area contributed by atoms with Gasteiger partial charge in [0.25, 0.3) is 0 Å². The second-order valence-corrected chi connectivity index (χ2v) is 4.33. The standard InChI is InChI=1S/C13H15F2N3/c1-18-8-9(7-17-18)2-5-13(16)11-6-10(14)3-4-12(11)15/h3-4,6-8,13H,2,5,16H2,1H3. The van der Waals surface area contributed by atoms with Gasteiger partial charge < -0.3 is 5.73 Å². The van der Waals surface area contributed by atoms with Crippen LogP contribution in [0.25, 0.3) is 0 Å². The number of nitrogens with two attached hydrogens (primary N) is 1. The van der Waals surface area contributed by atoms with Crippen LogP contribution in [0.4, 0.5) is 8.78 Å². The van der Waals surface area contributed by atoms with E-state index in [4.69, 9.17) is 5.73 Å². The third-order valence-electron chi connectivity index (χ3n) is 2.86. The second kappa shape index (κ2) is 5.27. The van der Waals surface area contributed by atoms with Gasteiger partial charge >= 0.3 is 0 Å². The van der Waals surface area contributed by atoms with Crippen molar-refractivity contribution in [3.63, 3.8) is 0 Å². The first-order chi connectivity index (χ1) is 8.56. The van der Waals surface area contributed by atoms with Crippen molar-refractivity contribution >= 4 is 0 Å². The molecule has 0 aliphatic rings. The lowest BCUT2D eigenvalue weighted by atomic mass is 10.0. The molecule has 1 unspecified atom stereocenters. The van der Waals surface area contributed by atoms with E-state index in [-0.39, 0.29) is 5.56 Å². The Labute approximate surface area is 104 Å². The van der Waals surface area contributed by atoms with Crippen LogP contribution in [0.5, 0.6) is 0 Å². The molecule has 1 atom stereocenters. The summed E-state index contributed by atoms with van der Waals surface area (Å²) in [6, 6.07) is 2.84. The van der Waals surface area contributed by atoms with E-state index < -0.39 is 17.7 Å². The van der Waals surface area contributed by atoms with Crippen LogP contribution in [0.1, 0.15) is 23.6 Å². The third kappa shape index (κ3) is 2.92. The fourth-order valence-electron chi connectivity index (χ4n) is 1.88. The zero-order valence-electron chi connectivity index (χ0n) is 10.1. The number of hydrogen-bond donors (Lipinski definition) is 1. The van der Waals surface area contributed by atoms with Gasteiger partial charge in [0.15, 0.2) is 0 Å². The first-order valence-electron chi connectivity index (χ1n) is 5.74. The van der Waals surface area contributed by atoms with Crippen LogP contribution in [0, 0.1) is 11.6 Å². The first kappa shape index (κ1) is 12.7. The van der Waals surface area contributed by atoms with E-state index in [9.17, 15) is 8.78 Å². The normalized spacial score (nSPS) is 12.7. The Balaban J connectivity index is 2.03. The molecule has 0 bridgehead atoms. The van der Waals surface area contributed by atoms with Crippen LogP contribution < -0.4 is 5.73 Å². The Morgan fingerprint density at radius 2 is 2.17 bits per heavy atom. The molecule has 2 aromatic rings. The molecule has 0 fully saturated rings. The Kier molecular flexibility index (Phi) is 3.72. The number of halogens is 2. The molecule has 1 aromatic heterocycles. The van der Waals surface area contributed by atoms with Crippen molar-refractivity contribution in [1.82, 2.24) is 9.78 Å². The Bertz CT molecular complexity index is 537. The van der Waals surface area contributed by atoms with E-state index in [0.717, 1.165) is 23.8 Å². The van der Waals surface area contributed by atoms with Crippen molar-refractivity contribution in [3.8, 4) is 0 Å². The zero-order chi connectivity index (χ0) is 13.1. The molecule has 0 radical (unpaired) electrons. The molecule has 0 spiro atoms. The highest BCUT2D eigenvalue weighted by atomic mass is 19.1. The lowest BCUT2D eigenvalue weighted by molar-refractivity contribution is 0.548. The maximum absolute atomic E-state index is 13.5. The maximum atomic E-state index is 13.5. The van der Waals surface area contributed by atoms with Crippen LogP contribution in [0.3, 0.4) is 0 Å². The molecule has 0 saturated carbocycles. The highest BCUT2D eigenvalue weighted by molar-refractivity contribution is 5.22. The fourth-order valence-corrected chi connectivity index (χ4v) is 1.88. The average molecular weight is 251 g/mol. The Morgan fingerprint density at radius 3 is 2.83 bits per heavy atom.